The highest BCUT2D eigenvalue weighted by molar-refractivity contribution is 8.03. The van der Waals surface area contributed by atoms with Crippen LogP contribution in [0.4, 0.5) is 0 Å². The van der Waals surface area contributed by atoms with Gasteiger partial charge in [0.05, 0.1) is 0 Å². The van der Waals surface area contributed by atoms with Crippen molar-refractivity contribution in [3.05, 3.63) is 10.5 Å². The number of rotatable bonds is 6. The first-order chi connectivity index (χ1) is 7.25. The summed E-state index contributed by atoms with van der Waals surface area (Å²) in [6.45, 7) is 7.04. The summed E-state index contributed by atoms with van der Waals surface area (Å²) in [6, 6.07) is 0. The molecule has 1 unspecified atom stereocenters. The highest BCUT2D eigenvalue weighted by Crippen LogP contribution is 2.36. The van der Waals surface area contributed by atoms with E-state index in [9.17, 15) is 0 Å². The Morgan fingerprint density at radius 2 is 2.07 bits per heavy atom. The van der Waals surface area contributed by atoms with Gasteiger partial charge in [-0.2, -0.15) is 0 Å². The number of hydrogen-bond donors (Lipinski definition) is 0. The summed E-state index contributed by atoms with van der Waals surface area (Å²) < 4.78 is 0. The van der Waals surface area contributed by atoms with Gasteiger partial charge in [-0.15, -0.1) is 11.8 Å². The second-order valence-corrected chi connectivity index (χ2v) is 5.98. The number of hydrogen-bond acceptors (Lipinski definition) is 1. The number of thioether (sulfide) groups is 1. The zero-order valence-corrected chi connectivity index (χ0v) is 11.5. The highest BCUT2D eigenvalue weighted by atomic mass is 32.2. The molecule has 1 aliphatic heterocycles. The molecular formula is C14H26S. The Kier molecular flexibility index (Phi) is 6.47. The van der Waals surface area contributed by atoms with Gasteiger partial charge in [0.2, 0.25) is 0 Å². The zero-order valence-electron chi connectivity index (χ0n) is 10.6. The Morgan fingerprint density at radius 1 is 1.27 bits per heavy atom. The third-order valence-corrected chi connectivity index (χ3v) is 4.87. The van der Waals surface area contributed by atoms with Gasteiger partial charge in [-0.3, -0.25) is 0 Å². The lowest BCUT2D eigenvalue weighted by molar-refractivity contribution is 0.551. The molecule has 0 aliphatic carbocycles. The minimum Gasteiger partial charge on any atom is -0.130 e. The van der Waals surface area contributed by atoms with E-state index < -0.39 is 0 Å². The van der Waals surface area contributed by atoms with E-state index in [1.54, 1.807) is 10.5 Å². The smallest absolute Gasteiger partial charge is 0.00201 e. The van der Waals surface area contributed by atoms with Crippen molar-refractivity contribution in [3.63, 3.8) is 0 Å². The predicted octanol–water partition coefficient (Wildman–Crippen LogP) is 5.39. The molecule has 1 rings (SSSR count). The first-order valence-corrected chi connectivity index (χ1v) is 7.56. The third kappa shape index (κ3) is 4.63. The molecule has 1 atom stereocenters. The molecule has 88 valence electrons. The van der Waals surface area contributed by atoms with Crippen LogP contribution in [0.1, 0.15) is 65.7 Å². The molecule has 0 aromatic carbocycles. The molecule has 0 amide bonds. The van der Waals surface area contributed by atoms with E-state index >= 15 is 0 Å². The van der Waals surface area contributed by atoms with Crippen LogP contribution < -0.4 is 0 Å². The lowest BCUT2D eigenvalue weighted by atomic mass is 9.98. The van der Waals surface area contributed by atoms with Crippen LogP contribution in [0.15, 0.2) is 10.5 Å². The quantitative estimate of drug-likeness (QED) is 0.547. The van der Waals surface area contributed by atoms with Gasteiger partial charge >= 0.3 is 0 Å². The van der Waals surface area contributed by atoms with Gasteiger partial charge in [0.25, 0.3) is 0 Å². The first-order valence-electron chi connectivity index (χ1n) is 6.58. The van der Waals surface area contributed by atoms with Crippen molar-refractivity contribution >= 4 is 11.8 Å². The maximum Gasteiger partial charge on any atom is -0.00201 e. The van der Waals surface area contributed by atoms with Crippen molar-refractivity contribution in [1.29, 1.82) is 0 Å². The van der Waals surface area contributed by atoms with Crippen molar-refractivity contribution in [2.24, 2.45) is 5.92 Å². The molecule has 0 fully saturated rings. The van der Waals surface area contributed by atoms with E-state index in [4.69, 9.17) is 0 Å². The Labute approximate surface area is 99.9 Å². The van der Waals surface area contributed by atoms with Gasteiger partial charge in [0.1, 0.15) is 0 Å². The van der Waals surface area contributed by atoms with Gasteiger partial charge in [0.15, 0.2) is 0 Å². The van der Waals surface area contributed by atoms with E-state index in [-0.39, 0.29) is 0 Å². The summed E-state index contributed by atoms with van der Waals surface area (Å²) in [7, 11) is 0. The molecule has 15 heavy (non-hydrogen) atoms. The minimum absolute atomic E-state index is 0.826. The van der Waals surface area contributed by atoms with E-state index in [2.05, 4.69) is 32.5 Å². The number of allylic oxidation sites excluding steroid dienone is 2. The van der Waals surface area contributed by atoms with Crippen LogP contribution in [0.3, 0.4) is 0 Å². The molecule has 0 spiro atoms. The summed E-state index contributed by atoms with van der Waals surface area (Å²) in [4.78, 5) is 1.72. The van der Waals surface area contributed by atoms with Crippen molar-refractivity contribution in [2.75, 3.05) is 5.75 Å². The van der Waals surface area contributed by atoms with Crippen molar-refractivity contribution in [1.82, 2.24) is 0 Å². The fourth-order valence-electron chi connectivity index (χ4n) is 2.34. The molecule has 0 saturated carbocycles. The summed E-state index contributed by atoms with van der Waals surface area (Å²) in [5.74, 6) is 2.18. The fraction of sp³-hybridized carbons (Fsp3) is 0.857. The maximum absolute atomic E-state index is 2.42. The standard InChI is InChI=1S/C14H26S/c1-4-5-6-7-9-12(2)14-13(3)10-8-11-15-14/h12H,4-11H2,1-3H3. The number of unbranched alkanes of at least 4 members (excludes halogenated alkanes) is 3. The zero-order chi connectivity index (χ0) is 11.1. The predicted molar refractivity (Wildman–Crippen MR) is 72.3 cm³/mol. The van der Waals surface area contributed by atoms with E-state index in [1.807, 2.05) is 0 Å². The molecule has 1 heterocycles. The normalized spacial score (nSPS) is 19.4. The molecular weight excluding hydrogens is 200 g/mol. The van der Waals surface area contributed by atoms with Gasteiger partial charge in [-0.25, -0.2) is 0 Å². The minimum atomic E-state index is 0.826. The van der Waals surface area contributed by atoms with Crippen molar-refractivity contribution < 1.29 is 0 Å². The summed E-state index contributed by atoms with van der Waals surface area (Å²) in [6.07, 6.45) is 9.76. The fourth-order valence-corrected chi connectivity index (χ4v) is 3.60. The molecule has 1 heteroatoms. The van der Waals surface area contributed by atoms with Crippen LogP contribution in [0.25, 0.3) is 0 Å². The van der Waals surface area contributed by atoms with Crippen molar-refractivity contribution in [3.8, 4) is 0 Å². The van der Waals surface area contributed by atoms with Crippen LogP contribution >= 0.6 is 11.8 Å². The van der Waals surface area contributed by atoms with Crippen molar-refractivity contribution in [2.45, 2.75) is 65.7 Å². The van der Waals surface area contributed by atoms with E-state index in [0.29, 0.717) is 0 Å². The van der Waals surface area contributed by atoms with Gasteiger partial charge < -0.3 is 0 Å². The summed E-state index contributed by atoms with van der Waals surface area (Å²) >= 11 is 2.12. The molecule has 0 aromatic rings. The lowest BCUT2D eigenvalue weighted by Gasteiger charge is -2.22. The van der Waals surface area contributed by atoms with Crippen LogP contribution in [0, 0.1) is 5.92 Å². The molecule has 0 N–H and O–H groups in total. The van der Waals surface area contributed by atoms with Crippen LogP contribution in [-0.2, 0) is 0 Å². The second kappa shape index (κ2) is 7.38. The Bertz CT molecular complexity index is 205. The molecule has 0 saturated heterocycles. The average Bonchev–Trinajstić information content (AvgIpc) is 2.25. The van der Waals surface area contributed by atoms with E-state index in [0.717, 1.165) is 5.92 Å². The molecule has 0 bridgehead atoms. The largest absolute Gasteiger partial charge is 0.130 e. The molecule has 0 aromatic heterocycles. The van der Waals surface area contributed by atoms with Crippen LogP contribution in [0.2, 0.25) is 0 Å². The van der Waals surface area contributed by atoms with Gasteiger partial charge in [-0.1, -0.05) is 45.1 Å². The van der Waals surface area contributed by atoms with Gasteiger partial charge in [-0.05, 0) is 42.8 Å². The Morgan fingerprint density at radius 3 is 2.73 bits per heavy atom. The monoisotopic (exact) mass is 226 g/mol. The Hall–Kier alpha value is 0.0900. The van der Waals surface area contributed by atoms with Crippen LogP contribution in [-0.4, -0.2) is 5.75 Å². The average molecular weight is 226 g/mol. The molecule has 0 radical (unpaired) electrons. The van der Waals surface area contributed by atoms with Gasteiger partial charge in [0, 0.05) is 0 Å². The second-order valence-electron chi connectivity index (χ2n) is 4.85. The summed E-state index contributed by atoms with van der Waals surface area (Å²) in [5, 5.41) is 0. The molecule has 0 nitrogen and oxygen atoms in total. The highest BCUT2D eigenvalue weighted by Gasteiger charge is 2.15. The summed E-state index contributed by atoms with van der Waals surface area (Å²) in [5.41, 5.74) is 1.68. The topological polar surface area (TPSA) is 0 Å². The molecule has 1 aliphatic rings. The first kappa shape index (κ1) is 13.2. The third-order valence-electron chi connectivity index (χ3n) is 3.31. The Balaban J connectivity index is 2.29. The lowest BCUT2D eigenvalue weighted by Crippen LogP contribution is -2.04. The maximum atomic E-state index is 2.42. The van der Waals surface area contributed by atoms with Crippen LogP contribution in [0.5, 0.6) is 0 Å². The van der Waals surface area contributed by atoms with E-state index in [1.165, 1.54) is 50.7 Å². The SMILES string of the molecule is CCCCCCC(C)C1=C(C)CCCS1.